The van der Waals surface area contributed by atoms with Crippen LogP contribution in [-0.4, -0.2) is 15.9 Å². The molecule has 2 aromatic heterocycles. The number of nitrogens with one attached hydrogen (secondary N) is 1. The fourth-order valence-electron chi connectivity index (χ4n) is 1.19. The summed E-state index contributed by atoms with van der Waals surface area (Å²) >= 11 is 5.85. The van der Waals surface area contributed by atoms with Crippen LogP contribution in [0, 0.1) is 0 Å². The summed E-state index contributed by atoms with van der Waals surface area (Å²) in [6.07, 6.45) is 6.14. The molecule has 4 nitrogen and oxygen atoms in total. The quantitative estimate of drug-likeness (QED) is 0.867. The van der Waals surface area contributed by atoms with Crippen molar-refractivity contribution in [2.24, 2.45) is 0 Å². The van der Waals surface area contributed by atoms with E-state index in [1.54, 1.807) is 30.6 Å². The zero-order valence-electron chi connectivity index (χ0n) is 8.22. The van der Waals surface area contributed by atoms with E-state index in [0.29, 0.717) is 16.3 Å². The first-order valence-electron chi connectivity index (χ1n) is 4.58. The number of carbonyl (C=O) groups excluding carboxylic acids is 1. The van der Waals surface area contributed by atoms with E-state index in [2.05, 4.69) is 15.3 Å². The third-order valence-corrected chi connectivity index (χ3v) is 2.24. The molecule has 0 radical (unpaired) electrons. The van der Waals surface area contributed by atoms with Crippen LogP contribution in [0.25, 0.3) is 0 Å². The first-order valence-corrected chi connectivity index (χ1v) is 4.96. The standard InChI is InChI=1S/C11H8ClN3O/c12-10-7-14-5-3-9(10)11(16)15-8-2-1-4-13-6-8/h1-7H,(H,15,16). The summed E-state index contributed by atoms with van der Waals surface area (Å²) in [6.45, 7) is 0. The molecule has 0 unspecified atom stereocenters. The molecule has 0 aliphatic heterocycles. The summed E-state index contributed by atoms with van der Waals surface area (Å²) in [6, 6.07) is 5.05. The van der Waals surface area contributed by atoms with Gasteiger partial charge in [-0.3, -0.25) is 14.8 Å². The van der Waals surface area contributed by atoms with Crippen molar-refractivity contribution in [3.63, 3.8) is 0 Å². The third kappa shape index (κ3) is 2.35. The zero-order chi connectivity index (χ0) is 11.4. The summed E-state index contributed by atoms with van der Waals surface area (Å²) in [5.74, 6) is -0.277. The van der Waals surface area contributed by atoms with E-state index in [1.807, 2.05) is 0 Å². The summed E-state index contributed by atoms with van der Waals surface area (Å²) < 4.78 is 0. The Bertz CT molecular complexity index is 502. The van der Waals surface area contributed by atoms with E-state index in [1.165, 1.54) is 12.4 Å². The maximum atomic E-state index is 11.8. The van der Waals surface area contributed by atoms with Gasteiger partial charge in [0.2, 0.25) is 0 Å². The molecule has 0 saturated carbocycles. The van der Waals surface area contributed by atoms with Crippen molar-refractivity contribution in [3.8, 4) is 0 Å². The molecule has 1 N–H and O–H groups in total. The molecule has 0 spiro atoms. The van der Waals surface area contributed by atoms with E-state index in [9.17, 15) is 4.79 Å². The molecule has 1 amide bonds. The highest BCUT2D eigenvalue weighted by atomic mass is 35.5. The van der Waals surface area contributed by atoms with E-state index in [0.717, 1.165) is 0 Å². The topological polar surface area (TPSA) is 54.9 Å². The van der Waals surface area contributed by atoms with Gasteiger partial charge < -0.3 is 5.32 Å². The van der Waals surface area contributed by atoms with Gasteiger partial charge in [-0.15, -0.1) is 0 Å². The van der Waals surface area contributed by atoms with Crippen molar-refractivity contribution in [1.82, 2.24) is 9.97 Å². The summed E-state index contributed by atoms with van der Waals surface area (Å²) in [5, 5.41) is 3.01. The summed E-state index contributed by atoms with van der Waals surface area (Å²) in [4.78, 5) is 19.5. The molecule has 0 aromatic carbocycles. The Morgan fingerprint density at radius 2 is 2.00 bits per heavy atom. The number of carbonyl (C=O) groups is 1. The average Bonchev–Trinajstić information content (AvgIpc) is 2.31. The number of anilines is 1. The molecule has 0 fully saturated rings. The molecule has 2 aromatic rings. The van der Waals surface area contributed by atoms with Crippen molar-refractivity contribution in [2.75, 3.05) is 5.32 Å². The fraction of sp³-hybridized carbons (Fsp3) is 0. The van der Waals surface area contributed by atoms with Crippen LogP contribution in [0.3, 0.4) is 0 Å². The van der Waals surface area contributed by atoms with E-state index >= 15 is 0 Å². The van der Waals surface area contributed by atoms with Crippen LogP contribution in [0.4, 0.5) is 5.69 Å². The van der Waals surface area contributed by atoms with Crippen LogP contribution in [-0.2, 0) is 0 Å². The van der Waals surface area contributed by atoms with Gasteiger partial charge in [-0.25, -0.2) is 0 Å². The minimum atomic E-state index is -0.277. The second-order valence-corrected chi connectivity index (χ2v) is 3.46. The zero-order valence-corrected chi connectivity index (χ0v) is 8.98. The molecule has 0 aliphatic rings. The lowest BCUT2D eigenvalue weighted by atomic mass is 10.2. The lowest BCUT2D eigenvalue weighted by Crippen LogP contribution is -2.12. The number of amides is 1. The van der Waals surface area contributed by atoms with Crippen molar-refractivity contribution >= 4 is 23.2 Å². The molecule has 16 heavy (non-hydrogen) atoms. The van der Waals surface area contributed by atoms with Gasteiger partial charge in [0.1, 0.15) is 0 Å². The first-order chi connectivity index (χ1) is 7.77. The number of pyridine rings is 2. The predicted octanol–water partition coefficient (Wildman–Crippen LogP) is 2.38. The molecule has 0 bridgehead atoms. The van der Waals surface area contributed by atoms with E-state index in [4.69, 9.17) is 11.6 Å². The first kappa shape index (κ1) is 10.6. The molecule has 0 aliphatic carbocycles. The van der Waals surface area contributed by atoms with Crippen LogP contribution in [0.1, 0.15) is 10.4 Å². The van der Waals surface area contributed by atoms with E-state index in [-0.39, 0.29) is 5.91 Å². The maximum Gasteiger partial charge on any atom is 0.257 e. The molecular formula is C11H8ClN3O. The molecular weight excluding hydrogens is 226 g/mol. The van der Waals surface area contributed by atoms with E-state index < -0.39 is 0 Å². The third-order valence-electron chi connectivity index (χ3n) is 1.94. The van der Waals surface area contributed by atoms with Crippen molar-refractivity contribution in [2.45, 2.75) is 0 Å². The summed E-state index contributed by atoms with van der Waals surface area (Å²) in [7, 11) is 0. The van der Waals surface area contributed by atoms with Gasteiger partial charge in [0, 0.05) is 18.6 Å². The van der Waals surface area contributed by atoms with Crippen molar-refractivity contribution in [1.29, 1.82) is 0 Å². The number of hydrogen-bond donors (Lipinski definition) is 1. The largest absolute Gasteiger partial charge is 0.321 e. The highest BCUT2D eigenvalue weighted by molar-refractivity contribution is 6.34. The summed E-state index contributed by atoms with van der Waals surface area (Å²) in [5.41, 5.74) is 1.01. The number of aromatic nitrogens is 2. The average molecular weight is 234 g/mol. The monoisotopic (exact) mass is 233 g/mol. The second kappa shape index (κ2) is 4.72. The van der Waals surface area contributed by atoms with Crippen molar-refractivity contribution in [3.05, 3.63) is 53.6 Å². The lowest BCUT2D eigenvalue weighted by molar-refractivity contribution is 0.102. The Morgan fingerprint density at radius 1 is 1.19 bits per heavy atom. The fourth-order valence-corrected chi connectivity index (χ4v) is 1.40. The number of rotatable bonds is 2. The van der Waals surface area contributed by atoms with Crippen LogP contribution in [0.5, 0.6) is 0 Å². The predicted molar refractivity (Wildman–Crippen MR) is 61.4 cm³/mol. The van der Waals surface area contributed by atoms with Crippen molar-refractivity contribution < 1.29 is 4.79 Å². The van der Waals surface area contributed by atoms with Gasteiger partial charge in [0.25, 0.3) is 5.91 Å². The Hall–Kier alpha value is -1.94. The van der Waals surface area contributed by atoms with Crippen LogP contribution >= 0.6 is 11.6 Å². The van der Waals surface area contributed by atoms with Crippen LogP contribution in [0.15, 0.2) is 43.0 Å². The molecule has 2 heterocycles. The van der Waals surface area contributed by atoms with Crippen LogP contribution < -0.4 is 5.32 Å². The number of halogens is 1. The van der Waals surface area contributed by atoms with Gasteiger partial charge in [0.15, 0.2) is 0 Å². The number of hydrogen-bond acceptors (Lipinski definition) is 3. The Balaban J connectivity index is 2.19. The highest BCUT2D eigenvalue weighted by Crippen LogP contribution is 2.15. The Morgan fingerprint density at radius 3 is 2.69 bits per heavy atom. The molecule has 0 atom stereocenters. The second-order valence-electron chi connectivity index (χ2n) is 3.05. The smallest absolute Gasteiger partial charge is 0.257 e. The van der Waals surface area contributed by atoms with Crippen LogP contribution in [0.2, 0.25) is 5.02 Å². The Kier molecular flexibility index (Phi) is 3.12. The minimum Gasteiger partial charge on any atom is -0.321 e. The molecule has 0 saturated heterocycles. The van der Waals surface area contributed by atoms with Gasteiger partial charge in [-0.05, 0) is 18.2 Å². The minimum absolute atomic E-state index is 0.277. The molecule has 2 rings (SSSR count). The normalized spacial score (nSPS) is 9.81. The van der Waals surface area contributed by atoms with Gasteiger partial charge in [-0.1, -0.05) is 11.6 Å². The Labute approximate surface area is 97.3 Å². The highest BCUT2D eigenvalue weighted by Gasteiger charge is 2.09. The van der Waals surface area contributed by atoms with Gasteiger partial charge in [0.05, 0.1) is 22.5 Å². The van der Waals surface area contributed by atoms with Gasteiger partial charge in [-0.2, -0.15) is 0 Å². The maximum absolute atomic E-state index is 11.8. The lowest BCUT2D eigenvalue weighted by Gasteiger charge is -2.05. The molecule has 80 valence electrons. The number of nitrogens with zero attached hydrogens (tertiary/aromatic N) is 2. The molecule has 5 heteroatoms. The SMILES string of the molecule is O=C(Nc1cccnc1)c1ccncc1Cl. The van der Waals surface area contributed by atoms with Gasteiger partial charge >= 0.3 is 0 Å².